The van der Waals surface area contributed by atoms with Crippen molar-refractivity contribution in [3.05, 3.63) is 90.0 Å². The van der Waals surface area contributed by atoms with E-state index in [2.05, 4.69) is 78.9 Å². The van der Waals surface area contributed by atoms with Crippen LogP contribution in [0.5, 0.6) is 5.75 Å². The molecule has 28 heavy (non-hydrogen) atoms. The number of hydrogen-bond donors (Lipinski definition) is 0. The van der Waals surface area contributed by atoms with Crippen molar-refractivity contribution in [3.63, 3.8) is 0 Å². The Balaban J connectivity index is 1.62. The fraction of sp³-hybridized carbons (Fsp3) is 0.120. The van der Waals surface area contributed by atoms with Crippen LogP contribution in [0.3, 0.4) is 0 Å². The van der Waals surface area contributed by atoms with Crippen LogP contribution in [-0.4, -0.2) is 43.0 Å². The summed E-state index contributed by atoms with van der Waals surface area (Å²) < 4.78 is 11.4. The van der Waals surface area contributed by atoms with E-state index in [1.165, 1.54) is 25.4 Å². The minimum atomic E-state index is -0.444. The quantitative estimate of drug-likeness (QED) is 0.352. The van der Waals surface area contributed by atoms with Gasteiger partial charge in [-0.2, -0.15) is 0 Å². The van der Waals surface area contributed by atoms with E-state index in [0.717, 1.165) is 5.75 Å². The average molecular weight is 543 g/mol. The van der Waals surface area contributed by atoms with Crippen LogP contribution >= 0.6 is 0 Å². The fourth-order valence-electron chi connectivity index (χ4n) is 3.82. The van der Waals surface area contributed by atoms with Gasteiger partial charge < -0.3 is 0 Å². The molecule has 4 aromatic carbocycles. The van der Waals surface area contributed by atoms with Gasteiger partial charge in [-0.25, -0.2) is 0 Å². The van der Waals surface area contributed by atoms with Crippen LogP contribution in [0.2, 0.25) is 0 Å². The Morgan fingerprint density at radius 2 is 1.46 bits per heavy atom. The Labute approximate surface area is 182 Å². The van der Waals surface area contributed by atoms with Crippen LogP contribution in [-0.2, 0) is 12.8 Å². The normalized spacial score (nSPS) is 12.5. The van der Waals surface area contributed by atoms with Crippen molar-refractivity contribution < 1.29 is 4.74 Å². The molecule has 4 aromatic rings. The zero-order valence-electron chi connectivity index (χ0n) is 15.6. The van der Waals surface area contributed by atoms with E-state index in [-0.39, 0.29) is 0 Å². The Kier molecular flexibility index (Phi) is 5.18. The van der Waals surface area contributed by atoms with Crippen molar-refractivity contribution in [1.29, 1.82) is 0 Å². The van der Waals surface area contributed by atoms with Crippen molar-refractivity contribution in [2.75, 3.05) is 7.11 Å². The summed E-state index contributed by atoms with van der Waals surface area (Å²) in [7, 11) is 1.73. The number of aryl methyl sites for hydroxylation is 2. The maximum absolute atomic E-state index is 5.33. The summed E-state index contributed by atoms with van der Waals surface area (Å²) in [5.74, 6) is 0.935. The Bertz CT molecular complexity index is 1130. The van der Waals surface area contributed by atoms with Gasteiger partial charge in [-0.1, -0.05) is 0 Å². The summed E-state index contributed by atoms with van der Waals surface area (Å²) in [6.45, 7) is 0. The minimum absolute atomic E-state index is 0.336. The first kappa shape index (κ1) is 18.3. The first-order valence-electron chi connectivity index (χ1n) is 9.44. The van der Waals surface area contributed by atoms with Crippen molar-refractivity contribution in [1.82, 2.24) is 0 Å². The third kappa shape index (κ3) is 3.49. The molecule has 0 bridgehead atoms. The molecule has 1 aliphatic rings. The average Bonchev–Trinajstić information content (AvgIpc) is 3.17. The monoisotopic (exact) mass is 546 g/mol. The van der Waals surface area contributed by atoms with E-state index in [4.69, 9.17) is 4.74 Å². The van der Waals surface area contributed by atoms with Gasteiger partial charge in [-0.05, 0) is 0 Å². The van der Waals surface area contributed by atoms with Crippen LogP contribution in [0.1, 0.15) is 11.1 Å². The molecule has 0 amide bonds. The molecular weight excluding hydrogens is 523 g/mol. The third-order valence-corrected chi connectivity index (χ3v) is 10.5. The number of benzene rings is 4. The molecule has 0 aromatic heterocycles. The van der Waals surface area contributed by atoms with Crippen molar-refractivity contribution in [2.45, 2.75) is 12.8 Å². The molecule has 0 aliphatic heterocycles. The topological polar surface area (TPSA) is 9.23 Å². The third-order valence-electron chi connectivity index (χ3n) is 5.18. The summed E-state index contributed by atoms with van der Waals surface area (Å²) >= 11 is -0.108. The Morgan fingerprint density at radius 3 is 2.18 bits per heavy atom. The molecule has 0 N–H and O–H groups in total. The second-order valence-electron chi connectivity index (χ2n) is 6.89. The van der Waals surface area contributed by atoms with Gasteiger partial charge in [-0.15, -0.1) is 0 Å². The molecule has 0 spiro atoms. The molecule has 1 nitrogen and oxygen atoms in total. The molecule has 1 aliphatic carbocycles. The molecule has 0 radical (unpaired) electrons. The molecule has 0 fully saturated rings. The first-order valence-corrected chi connectivity index (χ1v) is 13.5. The molecule has 0 heterocycles. The second-order valence-corrected chi connectivity index (χ2v) is 12.4. The van der Waals surface area contributed by atoms with Crippen LogP contribution < -0.4 is 20.9 Å². The molecule has 0 saturated carbocycles. The number of rotatable bonds is 5. The van der Waals surface area contributed by atoms with E-state index in [0.29, 0.717) is 15.0 Å². The van der Waals surface area contributed by atoms with E-state index in [1.54, 1.807) is 32.6 Å². The molecular formula is C25H20OSeTe. The molecule has 0 atom stereocenters. The summed E-state index contributed by atoms with van der Waals surface area (Å²) in [6.07, 6.45) is 2.38. The molecule has 0 saturated heterocycles. The number of hydrogen-bond acceptors (Lipinski definition) is 1. The molecule has 0 unspecified atom stereocenters. The van der Waals surface area contributed by atoms with Gasteiger partial charge in [0.2, 0.25) is 0 Å². The van der Waals surface area contributed by atoms with Gasteiger partial charge in [0.25, 0.3) is 0 Å². The predicted molar refractivity (Wildman–Crippen MR) is 121 cm³/mol. The number of ether oxygens (including phenoxy) is 1. The zero-order valence-corrected chi connectivity index (χ0v) is 19.7. The van der Waals surface area contributed by atoms with Gasteiger partial charge in [0.15, 0.2) is 0 Å². The summed E-state index contributed by atoms with van der Waals surface area (Å²) in [4.78, 5) is 0. The summed E-state index contributed by atoms with van der Waals surface area (Å²) in [6, 6.07) is 29.2. The van der Waals surface area contributed by atoms with E-state index >= 15 is 0 Å². The van der Waals surface area contributed by atoms with Gasteiger partial charge >= 0.3 is 183 Å². The SMILES string of the molecule is COc1ccc([Te]c2ccc3c4c(ccc([Se]c5ccccc5)c24)CC3)cc1. The van der Waals surface area contributed by atoms with E-state index in [9.17, 15) is 0 Å². The van der Waals surface area contributed by atoms with Crippen LogP contribution in [0.4, 0.5) is 0 Å². The van der Waals surface area contributed by atoms with Crippen LogP contribution in [0, 0.1) is 0 Å². The van der Waals surface area contributed by atoms with Gasteiger partial charge in [0.05, 0.1) is 0 Å². The molecule has 138 valence electrons. The van der Waals surface area contributed by atoms with Gasteiger partial charge in [0.1, 0.15) is 0 Å². The van der Waals surface area contributed by atoms with Crippen molar-refractivity contribution in [3.8, 4) is 5.75 Å². The van der Waals surface area contributed by atoms with E-state index < -0.39 is 20.9 Å². The molecule has 5 rings (SSSR count). The maximum atomic E-state index is 5.33. The Hall–Kier alpha value is -1.75. The summed E-state index contributed by atoms with van der Waals surface area (Å²) in [5.41, 5.74) is 3.09. The second kappa shape index (κ2) is 7.94. The summed E-state index contributed by atoms with van der Waals surface area (Å²) in [5, 5.41) is 3.13. The Morgan fingerprint density at radius 1 is 0.750 bits per heavy atom. The molecule has 3 heteroatoms. The van der Waals surface area contributed by atoms with Crippen molar-refractivity contribution >= 4 is 62.8 Å². The van der Waals surface area contributed by atoms with Crippen molar-refractivity contribution in [2.24, 2.45) is 0 Å². The van der Waals surface area contributed by atoms with Crippen LogP contribution in [0.15, 0.2) is 78.9 Å². The first-order chi connectivity index (χ1) is 13.8. The predicted octanol–water partition coefficient (Wildman–Crippen LogP) is 2.26. The zero-order chi connectivity index (χ0) is 18.9. The number of methoxy groups -OCH3 is 1. The standard InChI is InChI=1S/C25H20OSeTe/c1-26-19-11-13-21(14-12-19)28-23-16-10-18-8-7-17-9-15-22(25(23)24(17)18)27-20-5-3-2-4-6-20/h2-6,9-16H,7-8H2,1H3. The van der Waals surface area contributed by atoms with Gasteiger partial charge in [0, 0.05) is 0 Å². The van der Waals surface area contributed by atoms with E-state index in [1.807, 2.05) is 0 Å². The fourth-order valence-corrected chi connectivity index (χ4v) is 9.15. The van der Waals surface area contributed by atoms with Crippen LogP contribution in [0.25, 0.3) is 10.8 Å². The van der Waals surface area contributed by atoms with Gasteiger partial charge in [-0.3, -0.25) is 0 Å².